The van der Waals surface area contributed by atoms with Crippen LogP contribution in [0, 0.1) is 6.92 Å². The Morgan fingerprint density at radius 2 is 1.93 bits per heavy atom. The van der Waals surface area contributed by atoms with E-state index in [9.17, 15) is 9.59 Å². The summed E-state index contributed by atoms with van der Waals surface area (Å²) < 4.78 is 17.1. The van der Waals surface area contributed by atoms with Gasteiger partial charge in [-0.3, -0.25) is 9.20 Å². The second-order valence-electron chi connectivity index (χ2n) is 5.58. The van der Waals surface area contributed by atoms with Crippen LogP contribution in [-0.4, -0.2) is 47.3 Å². The second kappa shape index (κ2) is 7.73. The van der Waals surface area contributed by atoms with Crippen LogP contribution in [0.25, 0.3) is 5.65 Å². The molecule has 0 aliphatic heterocycles. The van der Waals surface area contributed by atoms with E-state index in [2.05, 4.69) is 15.5 Å². The molecule has 0 bridgehead atoms. The van der Waals surface area contributed by atoms with E-state index in [1.54, 1.807) is 47.9 Å². The minimum absolute atomic E-state index is 0.292. The lowest BCUT2D eigenvalue weighted by molar-refractivity contribution is -0.119. The maximum Gasteiger partial charge on any atom is 0.340 e. The number of ether oxygens (including phenoxy) is 3. The molecule has 9 nitrogen and oxygen atoms in total. The molecular weight excluding hydrogens is 352 g/mol. The third-order valence-electron chi connectivity index (χ3n) is 3.83. The number of pyridine rings is 1. The fraction of sp³-hybridized carbons (Fsp3) is 0.222. The number of hydrogen-bond donors (Lipinski definition) is 1. The summed E-state index contributed by atoms with van der Waals surface area (Å²) in [6.45, 7) is 1.33. The number of esters is 1. The van der Waals surface area contributed by atoms with Crippen molar-refractivity contribution in [1.29, 1.82) is 0 Å². The van der Waals surface area contributed by atoms with Crippen LogP contribution in [0.15, 0.2) is 36.5 Å². The molecule has 27 heavy (non-hydrogen) atoms. The van der Waals surface area contributed by atoms with Crippen molar-refractivity contribution >= 4 is 23.2 Å². The number of nitrogens with one attached hydrogen (secondary N) is 1. The first kappa shape index (κ1) is 18.2. The molecule has 3 rings (SSSR count). The van der Waals surface area contributed by atoms with Gasteiger partial charge in [-0.25, -0.2) is 4.79 Å². The van der Waals surface area contributed by atoms with Crippen LogP contribution in [-0.2, 0) is 9.53 Å². The van der Waals surface area contributed by atoms with Crippen LogP contribution in [0.1, 0.15) is 16.2 Å². The fourth-order valence-electron chi connectivity index (χ4n) is 2.43. The minimum atomic E-state index is -0.623. The quantitative estimate of drug-likeness (QED) is 0.660. The van der Waals surface area contributed by atoms with Crippen molar-refractivity contribution in [3.8, 4) is 11.5 Å². The van der Waals surface area contributed by atoms with E-state index in [1.165, 1.54) is 14.2 Å². The van der Waals surface area contributed by atoms with E-state index < -0.39 is 18.5 Å². The third kappa shape index (κ3) is 3.97. The molecule has 1 N–H and O–H groups in total. The Labute approximate surface area is 154 Å². The lowest BCUT2D eigenvalue weighted by Crippen LogP contribution is -2.21. The van der Waals surface area contributed by atoms with Gasteiger partial charge in [-0.2, -0.15) is 0 Å². The molecule has 0 saturated carbocycles. The highest BCUT2D eigenvalue weighted by Gasteiger charge is 2.14. The number of anilines is 1. The third-order valence-corrected chi connectivity index (χ3v) is 3.83. The molecule has 0 aliphatic rings. The first-order chi connectivity index (χ1) is 13.0. The number of carbonyl (C=O) groups excluding carboxylic acids is 2. The van der Waals surface area contributed by atoms with Gasteiger partial charge in [-0.1, -0.05) is 0 Å². The summed E-state index contributed by atoms with van der Waals surface area (Å²) in [7, 11) is 3.01. The SMILES string of the molecule is COc1ccc(NC(=O)COC(=O)c2ccc3nnc(C)n3c2)c(OC)c1. The van der Waals surface area contributed by atoms with E-state index in [0.717, 1.165) is 0 Å². The number of aromatic nitrogens is 3. The average Bonchev–Trinajstić information content (AvgIpc) is 3.06. The van der Waals surface area contributed by atoms with Crippen LogP contribution < -0.4 is 14.8 Å². The van der Waals surface area contributed by atoms with Gasteiger partial charge in [-0.15, -0.1) is 10.2 Å². The van der Waals surface area contributed by atoms with Gasteiger partial charge in [0.05, 0.1) is 25.5 Å². The number of benzene rings is 1. The van der Waals surface area contributed by atoms with Gasteiger partial charge >= 0.3 is 5.97 Å². The van der Waals surface area contributed by atoms with Gasteiger partial charge in [0.25, 0.3) is 5.91 Å². The van der Waals surface area contributed by atoms with Crippen molar-refractivity contribution in [2.45, 2.75) is 6.92 Å². The summed E-state index contributed by atoms with van der Waals surface area (Å²) in [5, 5.41) is 10.5. The van der Waals surface area contributed by atoms with Gasteiger partial charge in [0, 0.05) is 12.3 Å². The molecule has 140 valence electrons. The standard InChI is InChI=1S/C18H18N4O5/c1-11-20-21-16-7-4-12(9-22(11)16)18(24)27-10-17(23)19-14-6-5-13(25-2)8-15(14)26-3/h4-9H,10H2,1-3H3,(H,19,23). The zero-order chi connectivity index (χ0) is 19.4. The van der Waals surface area contributed by atoms with Crippen molar-refractivity contribution < 1.29 is 23.8 Å². The van der Waals surface area contributed by atoms with Gasteiger partial charge < -0.3 is 19.5 Å². The predicted octanol–water partition coefficient (Wildman–Crippen LogP) is 1.85. The largest absolute Gasteiger partial charge is 0.497 e. The van der Waals surface area contributed by atoms with Gasteiger partial charge in [0.2, 0.25) is 0 Å². The van der Waals surface area contributed by atoms with Crippen LogP contribution in [0.2, 0.25) is 0 Å². The summed E-state index contributed by atoms with van der Waals surface area (Å²) in [4.78, 5) is 24.3. The number of rotatable bonds is 6. The Morgan fingerprint density at radius 1 is 1.11 bits per heavy atom. The van der Waals surface area contributed by atoms with Crippen LogP contribution in [0.4, 0.5) is 5.69 Å². The number of hydrogen-bond acceptors (Lipinski definition) is 7. The smallest absolute Gasteiger partial charge is 0.340 e. The second-order valence-corrected chi connectivity index (χ2v) is 5.58. The zero-order valence-electron chi connectivity index (χ0n) is 15.1. The van der Waals surface area contributed by atoms with Crippen LogP contribution in [0.3, 0.4) is 0 Å². The lowest BCUT2D eigenvalue weighted by Gasteiger charge is -2.12. The Bertz CT molecular complexity index is 999. The average molecular weight is 370 g/mol. The molecule has 0 aliphatic carbocycles. The molecule has 0 atom stereocenters. The maximum atomic E-state index is 12.2. The van der Waals surface area contributed by atoms with Crippen molar-refractivity contribution in [2.24, 2.45) is 0 Å². The number of nitrogens with zero attached hydrogens (tertiary/aromatic N) is 3. The normalized spacial score (nSPS) is 10.5. The Balaban J connectivity index is 1.63. The van der Waals surface area contributed by atoms with Crippen molar-refractivity contribution in [3.63, 3.8) is 0 Å². The van der Waals surface area contributed by atoms with E-state index in [4.69, 9.17) is 14.2 Å². The van der Waals surface area contributed by atoms with Crippen molar-refractivity contribution in [3.05, 3.63) is 47.9 Å². The first-order valence-corrected chi connectivity index (χ1v) is 8.02. The molecule has 0 spiro atoms. The van der Waals surface area contributed by atoms with Gasteiger partial charge in [0.1, 0.15) is 17.3 Å². The number of fused-ring (bicyclic) bond motifs is 1. The summed E-state index contributed by atoms with van der Waals surface area (Å²) in [6, 6.07) is 8.17. The highest BCUT2D eigenvalue weighted by Crippen LogP contribution is 2.28. The molecule has 1 aromatic carbocycles. The zero-order valence-corrected chi connectivity index (χ0v) is 15.1. The Kier molecular flexibility index (Phi) is 5.20. The number of aryl methyl sites for hydroxylation is 1. The maximum absolute atomic E-state index is 12.2. The number of carbonyl (C=O) groups is 2. The van der Waals surface area contributed by atoms with E-state index in [-0.39, 0.29) is 0 Å². The topological polar surface area (TPSA) is 104 Å². The van der Waals surface area contributed by atoms with Crippen molar-refractivity contribution in [2.75, 3.05) is 26.1 Å². The molecule has 9 heteroatoms. The molecule has 0 radical (unpaired) electrons. The van der Waals surface area contributed by atoms with Crippen LogP contribution >= 0.6 is 0 Å². The van der Waals surface area contributed by atoms with Gasteiger partial charge in [-0.05, 0) is 31.2 Å². The Morgan fingerprint density at radius 3 is 2.67 bits per heavy atom. The van der Waals surface area contributed by atoms with Gasteiger partial charge in [0.15, 0.2) is 12.3 Å². The molecular formula is C18H18N4O5. The Hall–Kier alpha value is -3.62. The lowest BCUT2D eigenvalue weighted by atomic mass is 10.2. The summed E-state index contributed by atoms with van der Waals surface area (Å²) >= 11 is 0. The highest BCUT2D eigenvalue weighted by molar-refractivity contribution is 5.96. The fourth-order valence-corrected chi connectivity index (χ4v) is 2.43. The predicted molar refractivity (Wildman–Crippen MR) is 96.2 cm³/mol. The van der Waals surface area contributed by atoms with Crippen molar-refractivity contribution in [1.82, 2.24) is 14.6 Å². The summed E-state index contributed by atoms with van der Waals surface area (Å²) in [6.07, 6.45) is 1.57. The summed E-state index contributed by atoms with van der Waals surface area (Å²) in [5.74, 6) is 0.553. The van der Waals surface area contributed by atoms with Crippen LogP contribution in [0.5, 0.6) is 11.5 Å². The highest BCUT2D eigenvalue weighted by atomic mass is 16.5. The molecule has 1 amide bonds. The number of amides is 1. The minimum Gasteiger partial charge on any atom is -0.497 e. The molecule has 0 unspecified atom stereocenters. The first-order valence-electron chi connectivity index (χ1n) is 8.02. The summed E-state index contributed by atoms with van der Waals surface area (Å²) in [5.41, 5.74) is 1.36. The number of methoxy groups -OCH3 is 2. The van der Waals surface area contributed by atoms with E-state index in [1.807, 2.05) is 0 Å². The van der Waals surface area contributed by atoms with E-state index in [0.29, 0.717) is 34.2 Å². The van der Waals surface area contributed by atoms with E-state index >= 15 is 0 Å². The molecule has 0 saturated heterocycles. The monoisotopic (exact) mass is 370 g/mol. The molecule has 2 aromatic heterocycles. The molecule has 0 fully saturated rings. The molecule has 2 heterocycles. The molecule has 3 aromatic rings.